The molecule has 0 aliphatic rings. The van der Waals surface area contributed by atoms with E-state index in [1.807, 2.05) is 49.4 Å². The maximum atomic E-state index is 11.7. The molecular weight excluding hydrogens is 697 g/mol. The van der Waals surface area contributed by atoms with Crippen molar-refractivity contribution < 1.29 is 32.7 Å². The minimum atomic E-state index is -4.48. The third-order valence-electron chi connectivity index (χ3n) is 8.73. The highest BCUT2D eigenvalue weighted by atomic mass is 32.2. The van der Waals surface area contributed by atoms with Crippen LogP contribution in [-0.4, -0.2) is 37.4 Å². The van der Waals surface area contributed by atoms with Crippen LogP contribution >= 0.6 is 0 Å². The quantitative estimate of drug-likeness (QED) is 0.0544. The molecule has 266 valence electrons. The first-order valence-corrected chi connectivity index (χ1v) is 17.5. The number of azo groups is 2. The number of phenolic OH excluding ortho intramolecular Hbond substituents is 2. The number of aromatic hydroxyl groups is 2. The van der Waals surface area contributed by atoms with E-state index >= 15 is 0 Å². The van der Waals surface area contributed by atoms with Crippen LogP contribution in [0.15, 0.2) is 128 Å². The molecule has 0 aromatic heterocycles. The monoisotopic (exact) mass is 728 g/mol. The van der Waals surface area contributed by atoms with Gasteiger partial charge in [-0.15, -0.1) is 20.5 Å². The molecule has 13 nitrogen and oxygen atoms in total. The molecule has 0 radical (unpaired) electrons. The Kier molecular flexibility index (Phi) is 8.99. The SMILES string of the molecule is COc1cc(N=Nc2ccc3cc(Nc4ccc5c(OC)c(C)ccc5c4)ccc3c2O)c(O)cc1N=Nc1ccc(N)c2ccc(S(=O)(=O)O)cc12. The third-order valence-corrected chi connectivity index (χ3v) is 9.58. The molecule has 0 fully saturated rings. The van der Waals surface area contributed by atoms with Crippen molar-refractivity contribution >= 4 is 82.2 Å². The van der Waals surface area contributed by atoms with E-state index in [4.69, 9.17) is 15.2 Å². The molecule has 14 heteroatoms. The summed E-state index contributed by atoms with van der Waals surface area (Å²) in [5.74, 6) is 0.666. The summed E-state index contributed by atoms with van der Waals surface area (Å²) in [6.45, 7) is 2.01. The number of phenols is 2. The number of fused-ring (bicyclic) bond motifs is 3. The lowest BCUT2D eigenvalue weighted by atomic mass is 10.0. The number of benzene rings is 7. The van der Waals surface area contributed by atoms with Gasteiger partial charge < -0.3 is 30.7 Å². The van der Waals surface area contributed by atoms with E-state index in [0.717, 1.165) is 38.8 Å². The molecule has 53 heavy (non-hydrogen) atoms. The van der Waals surface area contributed by atoms with Gasteiger partial charge in [0.25, 0.3) is 10.1 Å². The number of nitrogens with two attached hydrogens (primary N) is 1. The molecule has 0 saturated carbocycles. The lowest BCUT2D eigenvalue weighted by Gasteiger charge is -2.12. The van der Waals surface area contributed by atoms with E-state index in [-0.39, 0.29) is 44.9 Å². The summed E-state index contributed by atoms with van der Waals surface area (Å²) in [7, 11) is -1.41. The van der Waals surface area contributed by atoms with Gasteiger partial charge in [-0.2, -0.15) is 8.42 Å². The predicted octanol–water partition coefficient (Wildman–Crippen LogP) is 10.3. The van der Waals surface area contributed by atoms with Crippen molar-refractivity contribution in [3.05, 3.63) is 109 Å². The van der Waals surface area contributed by atoms with Gasteiger partial charge >= 0.3 is 0 Å². The summed E-state index contributed by atoms with van der Waals surface area (Å²) >= 11 is 0. The van der Waals surface area contributed by atoms with Crippen molar-refractivity contribution in [1.82, 2.24) is 0 Å². The Labute approximate surface area is 303 Å². The standard InChI is InChI=1S/C39H32N6O7S/c1-21-4-5-23-17-25(8-11-28(23)39(21)52-3)41-24-7-10-27-22(16-24)6-14-33(38(27)47)43-44-34-20-37(51-2)35(19-36(34)46)45-42-32-15-13-31(40)29-12-9-26(18-30(29)32)53(48,49)50/h4-20,41,46-47H,40H2,1-3H3,(H,48,49,50). The molecule has 0 aliphatic carbocycles. The van der Waals surface area contributed by atoms with Crippen molar-refractivity contribution in [2.45, 2.75) is 11.8 Å². The van der Waals surface area contributed by atoms with Gasteiger partial charge in [0.05, 0.1) is 24.8 Å². The number of nitrogens with zero attached hydrogens (tertiary/aromatic N) is 4. The smallest absolute Gasteiger partial charge is 0.294 e. The average Bonchev–Trinajstić information content (AvgIpc) is 3.14. The van der Waals surface area contributed by atoms with Crippen molar-refractivity contribution in [2.75, 3.05) is 25.3 Å². The molecule has 0 spiro atoms. The second-order valence-electron chi connectivity index (χ2n) is 12.1. The summed E-state index contributed by atoms with van der Waals surface area (Å²) in [4.78, 5) is -0.329. The molecule has 0 unspecified atom stereocenters. The van der Waals surface area contributed by atoms with E-state index in [9.17, 15) is 23.2 Å². The van der Waals surface area contributed by atoms with Crippen LogP contribution in [0.2, 0.25) is 0 Å². The van der Waals surface area contributed by atoms with Crippen LogP contribution in [0.1, 0.15) is 5.56 Å². The molecule has 7 rings (SSSR count). The topological polar surface area (TPSA) is 201 Å². The Morgan fingerprint density at radius 3 is 1.96 bits per heavy atom. The number of nitrogen functional groups attached to an aromatic ring is 1. The number of ether oxygens (including phenoxy) is 2. The Bertz CT molecular complexity index is 2770. The van der Waals surface area contributed by atoms with Crippen LogP contribution in [0, 0.1) is 6.92 Å². The van der Waals surface area contributed by atoms with E-state index < -0.39 is 10.1 Å². The fraction of sp³-hybridized carbons (Fsp3) is 0.0769. The highest BCUT2D eigenvalue weighted by molar-refractivity contribution is 7.85. The number of hydrogen-bond donors (Lipinski definition) is 5. The van der Waals surface area contributed by atoms with Gasteiger partial charge in [0.1, 0.15) is 34.3 Å². The number of nitrogens with one attached hydrogen (secondary N) is 1. The Morgan fingerprint density at radius 2 is 1.25 bits per heavy atom. The highest BCUT2D eigenvalue weighted by Crippen LogP contribution is 2.43. The zero-order chi connectivity index (χ0) is 37.4. The summed E-state index contributed by atoms with van der Waals surface area (Å²) < 4.78 is 44.1. The normalized spacial score (nSPS) is 12.0. The first-order valence-electron chi connectivity index (χ1n) is 16.1. The largest absolute Gasteiger partial charge is 0.506 e. The zero-order valence-corrected chi connectivity index (χ0v) is 29.4. The van der Waals surface area contributed by atoms with Crippen LogP contribution in [0.25, 0.3) is 32.3 Å². The lowest BCUT2D eigenvalue weighted by Crippen LogP contribution is -1.98. The fourth-order valence-corrected chi connectivity index (χ4v) is 6.56. The van der Waals surface area contributed by atoms with Gasteiger partial charge in [0.2, 0.25) is 0 Å². The fourth-order valence-electron chi connectivity index (χ4n) is 6.05. The van der Waals surface area contributed by atoms with Crippen LogP contribution in [0.5, 0.6) is 23.0 Å². The Hall–Kier alpha value is -6.77. The molecule has 0 atom stereocenters. The molecule has 7 aromatic carbocycles. The minimum absolute atomic E-state index is 0.0405. The lowest BCUT2D eigenvalue weighted by molar-refractivity contribution is 0.413. The molecule has 6 N–H and O–H groups in total. The van der Waals surface area contributed by atoms with E-state index in [1.165, 1.54) is 37.4 Å². The van der Waals surface area contributed by atoms with E-state index in [1.54, 1.807) is 31.4 Å². The number of hydrogen-bond acceptors (Lipinski definition) is 12. The van der Waals surface area contributed by atoms with Crippen LogP contribution in [0.4, 0.5) is 39.8 Å². The summed E-state index contributed by atoms with van der Waals surface area (Å²) in [5, 5.41) is 46.4. The maximum absolute atomic E-state index is 11.7. The van der Waals surface area contributed by atoms with Crippen LogP contribution < -0.4 is 20.5 Å². The first-order chi connectivity index (χ1) is 25.4. The van der Waals surface area contributed by atoms with E-state index in [0.29, 0.717) is 21.8 Å². The summed E-state index contributed by atoms with van der Waals surface area (Å²) in [6.07, 6.45) is 0. The third kappa shape index (κ3) is 6.83. The summed E-state index contributed by atoms with van der Waals surface area (Å²) in [5.41, 5.74) is 9.83. The van der Waals surface area contributed by atoms with Gasteiger partial charge in [-0.1, -0.05) is 24.3 Å². The number of aryl methyl sites for hydroxylation is 1. The highest BCUT2D eigenvalue weighted by Gasteiger charge is 2.15. The molecule has 7 aromatic rings. The summed E-state index contributed by atoms with van der Waals surface area (Å²) in [6, 6.07) is 28.9. The van der Waals surface area contributed by atoms with Crippen molar-refractivity contribution in [1.29, 1.82) is 0 Å². The van der Waals surface area contributed by atoms with Gasteiger partial charge in [-0.25, -0.2) is 0 Å². The molecule has 0 bridgehead atoms. The minimum Gasteiger partial charge on any atom is -0.506 e. The number of methoxy groups -OCH3 is 2. The second kappa shape index (κ2) is 13.7. The molecule has 0 saturated heterocycles. The van der Waals surface area contributed by atoms with Gasteiger partial charge in [0.15, 0.2) is 5.75 Å². The molecular formula is C39H32N6O7S. The molecule has 0 amide bonds. The van der Waals surface area contributed by atoms with Crippen LogP contribution in [-0.2, 0) is 10.1 Å². The average molecular weight is 729 g/mol. The van der Waals surface area contributed by atoms with Crippen molar-refractivity contribution in [3.63, 3.8) is 0 Å². The van der Waals surface area contributed by atoms with Gasteiger partial charge in [-0.05, 0) is 90.0 Å². The zero-order valence-electron chi connectivity index (χ0n) is 28.6. The maximum Gasteiger partial charge on any atom is 0.294 e. The number of anilines is 3. The molecule has 0 heterocycles. The van der Waals surface area contributed by atoms with Gasteiger partial charge in [0, 0.05) is 50.7 Å². The Balaban J connectivity index is 1.13. The van der Waals surface area contributed by atoms with Crippen molar-refractivity contribution in [3.8, 4) is 23.0 Å². The van der Waals surface area contributed by atoms with Gasteiger partial charge in [-0.3, -0.25) is 4.55 Å². The van der Waals surface area contributed by atoms with Crippen LogP contribution in [0.3, 0.4) is 0 Å². The molecule has 0 aliphatic heterocycles. The number of rotatable bonds is 9. The second-order valence-corrected chi connectivity index (χ2v) is 13.5. The van der Waals surface area contributed by atoms with Crippen molar-refractivity contribution in [2.24, 2.45) is 20.5 Å². The Morgan fingerprint density at radius 1 is 0.623 bits per heavy atom. The predicted molar refractivity (Wildman–Crippen MR) is 205 cm³/mol. The van der Waals surface area contributed by atoms with E-state index in [2.05, 4.69) is 31.8 Å². The first kappa shape index (κ1) is 34.7.